The van der Waals surface area contributed by atoms with Crippen LogP contribution in [0.15, 0.2) is 29.9 Å². The molecule has 2 aromatic rings. The van der Waals surface area contributed by atoms with Crippen LogP contribution in [0.3, 0.4) is 0 Å². The zero-order valence-electron chi connectivity index (χ0n) is 13.1. The fourth-order valence-corrected chi connectivity index (χ4v) is 3.03. The smallest absolute Gasteiger partial charge is 0.272 e. The summed E-state index contributed by atoms with van der Waals surface area (Å²) in [6, 6.07) is 5.32. The molecule has 0 radical (unpaired) electrons. The van der Waals surface area contributed by atoms with E-state index in [1.807, 2.05) is 11.0 Å². The van der Waals surface area contributed by atoms with Gasteiger partial charge >= 0.3 is 0 Å². The molecule has 24 heavy (non-hydrogen) atoms. The number of rotatable bonds is 4. The van der Waals surface area contributed by atoms with Gasteiger partial charge in [-0.3, -0.25) is 24.8 Å². The van der Waals surface area contributed by atoms with Gasteiger partial charge in [-0.15, -0.1) is 10.2 Å². The third kappa shape index (κ3) is 4.33. The molecule has 1 N–H and O–H groups in total. The Kier molecular flexibility index (Phi) is 5.44. The molecule has 0 aliphatic carbocycles. The summed E-state index contributed by atoms with van der Waals surface area (Å²) < 4.78 is 0. The fourth-order valence-electron chi connectivity index (χ4n) is 2.57. The molecule has 0 saturated carbocycles. The highest BCUT2D eigenvalue weighted by atomic mass is 32.1. The molecular formula is C15H18N6O2S. The third-order valence-corrected chi connectivity index (χ3v) is 4.34. The number of pyridine rings is 1. The SMILES string of the molecule is O=C(CN1CCCN(C(=O)c2ccccn2)CC1)Nc1nncs1. The summed E-state index contributed by atoms with van der Waals surface area (Å²) >= 11 is 1.29. The van der Waals surface area contributed by atoms with Crippen molar-refractivity contribution < 1.29 is 9.59 Å². The summed E-state index contributed by atoms with van der Waals surface area (Å²) in [7, 11) is 0. The Morgan fingerprint density at radius 3 is 2.88 bits per heavy atom. The number of hydrogen-bond donors (Lipinski definition) is 1. The van der Waals surface area contributed by atoms with Gasteiger partial charge in [-0.05, 0) is 18.6 Å². The van der Waals surface area contributed by atoms with Gasteiger partial charge in [0, 0.05) is 32.4 Å². The number of aromatic nitrogens is 3. The lowest BCUT2D eigenvalue weighted by Crippen LogP contribution is -2.38. The molecule has 1 fully saturated rings. The average Bonchev–Trinajstić information content (AvgIpc) is 2.99. The molecule has 0 bridgehead atoms. The number of carbonyl (C=O) groups excluding carboxylic acids is 2. The van der Waals surface area contributed by atoms with Crippen LogP contribution in [0.4, 0.5) is 5.13 Å². The van der Waals surface area contributed by atoms with Crippen molar-refractivity contribution in [3.63, 3.8) is 0 Å². The maximum Gasteiger partial charge on any atom is 0.272 e. The molecule has 1 saturated heterocycles. The van der Waals surface area contributed by atoms with Gasteiger partial charge in [0.1, 0.15) is 11.2 Å². The van der Waals surface area contributed by atoms with Crippen LogP contribution in [-0.4, -0.2) is 69.5 Å². The second kappa shape index (κ2) is 7.93. The zero-order chi connectivity index (χ0) is 16.8. The number of amides is 2. The molecule has 0 aromatic carbocycles. The molecule has 0 atom stereocenters. The van der Waals surface area contributed by atoms with Crippen LogP contribution in [-0.2, 0) is 4.79 Å². The molecular weight excluding hydrogens is 328 g/mol. The van der Waals surface area contributed by atoms with Crippen LogP contribution >= 0.6 is 11.3 Å². The molecule has 3 heterocycles. The van der Waals surface area contributed by atoms with Crippen LogP contribution in [0, 0.1) is 0 Å². The maximum atomic E-state index is 12.4. The number of anilines is 1. The Balaban J connectivity index is 1.51. The Morgan fingerprint density at radius 2 is 2.12 bits per heavy atom. The van der Waals surface area contributed by atoms with Gasteiger partial charge in [0.25, 0.3) is 5.91 Å². The number of hydrogen-bond acceptors (Lipinski definition) is 7. The van der Waals surface area contributed by atoms with E-state index in [1.165, 1.54) is 11.3 Å². The number of nitrogens with one attached hydrogen (secondary N) is 1. The molecule has 0 spiro atoms. The third-order valence-electron chi connectivity index (χ3n) is 3.73. The first-order chi connectivity index (χ1) is 11.7. The normalized spacial score (nSPS) is 15.8. The first-order valence-corrected chi connectivity index (χ1v) is 8.59. The quantitative estimate of drug-likeness (QED) is 0.877. The molecule has 2 amide bonds. The minimum Gasteiger partial charge on any atom is -0.336 e. The van der Waals surface area contributed by atoms with Gasteiger partial charge in [0.2, 0.25) is 11.0 Å². The molecule has 1 aliphatic rings. The van der Waals surface area contributed by atoms with Crippen molar-refractivity contribution in [3.8, 4) is 0 Å². The van der Waals surface area contributed by atoms with Crippen molar-refractivity contribution in [1.82, 2.24) is 25.0 Å². The van der Waals surface area contributed by atoms with Gasteiger partial charge in [0.05, 0.1) is 6.54 Å². The van der Waals surface area contributed by atoms with E-state index < -0.39 is 0 Å². The monoisotopic (exact) mass is 346 g/mol. The lowest BCUT2D eigenvalue weighted by atomic mass is 10.3. The van der Waals surface area contributed by atoms with Crippen molar-refractivity contribution in [2.45, 2.75) is 6.42 Å². The predicted molar refractivity (Wildman–Crippen MR) is 89.7 cm³/mol. The Morgan fingerprint density at radius 1 is 1.21 bits per heavy atom. The molecule has 3 rings (SSSR count). The van der Waals surface area contributed by atoms with Gasteiger partial charge in [-0.2, -0.15) is 0 Å². The molecule has 0 unspecified atom stereocenters. The Hall–Kier alpha value is -2.39. The second-order valence-corrected chi connectivity index (χ2v) is 6.26. The van der Waals surface area contributed by atoms with Crippen molar-refractivity contribution in [2.24, 2.45) is 0 Å². The summed E-state index contributed by atoms with van der Waals surface area (Å²) in [5.41, 5.74) is 2.03. The minimum atomic E-state index is -0.115. The van der Waals surface area contributed by atoms with E-state index in [2.05, 4.69) is 20.5 Å². The standard InChI is InChI=1S/C15H18N6O2S/c22-13(18-15-19-17-11-24-15)10-20-6-3-7-21(9-8-20)14(23)12-4-1-2-5-16-12/h1-2,4-5,11H,3,6-10H2,(H,18,19,22). The van der Waals surface area contributed by atoms with Gasteiger partial charge in [-0.25, -0.2) is 0 Å². The van der Waals surface area contributed by atoms with Crippen LogP contribution in [0.1, 0.15) is 16.9 Å². The van der Waals surface area contributed by atoms with Crippen LogP contribution < -0.4 is 5.32 Å². The van der Waals surface area contributed by atoms with Gasteiger partial charge in [-0.1, -0.05) is 17.4 Å². The van der Waals surface area contributed by atoms with Crippen molar-refractivity contribution in [1.29, 1.82) is 0 Å². The highest BCUT2D eigenvalue weighted by Gasteiger charge is 2.22. The summed E-state index contributed by atoms with van der Waals surface area (Å²) in [4.78, 5) is 32.4. The predicted octanol–water partition coefficient (Wildman–Crippen LogP) is 0.720. The topological polar surface area (TPSA) is 91.3 Å². The maximum absolute atomic E-state index is 12.4. The van der Waals surface area contributed by atoms with E-state index in [0.717, 1.165) is 13.0 Å². The molecule has 1 aliphatic heterocycles. The van der Waals surface area contributed by atoms with Crippen molar-refractivity contribution in [2.75, 3.05) is 38.0 Å². The molecule has 126 valence electrons. The van der Waals surface area contributed by atoms with E-state index in [-0.39, 0.29) is 18.4 Å². The van der Waals surface area contributed by atoms with Gasteiger partial charge < -0.3 is 4.90 Å². The molecule has 9 heteroatoms. The van der Waals surface area contributed by atoms with E-state index in [4.69, 9.17) is 0 Å². The van der Waals surface area contributed by atoms with Crippen LogP contribution in [0.2, 0.25) is 0 Å². The second-order valence-electron chi connectivity index (χ2n) is 5.43. The minimum absolute atomic E-state index is 0.0595. The number of carbonyl (C=O) groups is 2. The zero-order valence-corrected chi connectivity index (χ0v) is 13.9. The summed E-state index contributed by atoms with van der Waals surface area (Å²) in [6.45, 7) is 2.97. The first-order valence-electron chi connectivity index (χ1n) is 7.71. The Bertz CT molecular complexity index is 679. The van der Waals surface area contributed by atoms with Gasteiger partial charge in [0.15, 0.2) is 0 Å². The van der Waals surface area contributed by atoms with E-state index in [0.29, 0.717) is 30.5 Å². The summed E-state index contributed by atoms with van der Waals surface area (Å²) in [6.07, 6.45) is 2.44. The van der Waals surface area contributed by atoms with Crippen molar-refractivity contribution >= 4 is 28.3 Å². The fraction of sp³-hybridized carbons (Fsp3) is 0.400. The summed E-state index contributed by atoms with van der Waals surface area (Å²) in [5, 5.41) is 10.7. The number of nitrogens with zero attached hydrogens (tertiary/aromatic N) is 5. The molecule has 8 nitrogen and oxygen atoms in total. The average molecular weight is 346 g/mol. The highest BCUT2D eigenvalue weighted by Crippen LogP contribution is 2.10. The van der Waals surface area contributed by atoms with E-state index in [9.17, 15) is 9.59 Å². The lowest BCUT2D eigenvalue weighted by molar-refractivity contribution is -0.117. The highest BCUT2D eigenvalue weighted by molar-refractivity contribution is 7.13. The largest absolute Gasteiger partial charge is 0.336 e. The summed E-state index contributed by atoms with van der Waals surface area (Å²) in [5.74, 6) is -0.174. The Labute approximate surface area is 143 Å². The lowest BCUT2D eigenvalue weighted by Gasteiger charge is -2.21. The van der Waals surface area contributed by atoms with Crippen LogP contribution in [0.5, 0.6) is 0 Å². The van der Waals surface area contributed by atoms with Crippen molar-refractivity contribution in [3.05, 3.63) is 35.6 Å². The van der Waals surface area contributed by atoms with E-state index in [1.54, 1.807) is 28.7 Å². The first kappa shape index (κ1) is 16.5. The molecule has 2 aromatic heterocycles. The van der Waals surface area contributed by atoms with Crippen LogP contribution in [0.25, 0.3) is 0 Å². The van der Waals surface area contributed by atoms with E-state index >= 15 is 0 Å².